The van der Waals surface area contributed by atoms with Gasteiger partial charge in [-0.25, -0.2) is 0 Å². The third kappa shape index (κ3) is 42.4. The van der Waals surface area contributed by atoms with Crippen LogP contribution in [0.2, 0.25) is 0 Å². The van der Waals surface area contributed by atoms with Gasteiger partial charge in [-0.1, -0.05) is 64.7 Å². The second kappa shape index (κ2) is 29.3. The van der Waals surface area contributed by atoms with Gasteiger partial charge in [0.15, 0.2) is 6.29 Å². The predicted octanol–water partition coefficient (Wildman–Crippen LogP) is 5.02. The molecule has 0 aliphatic carbocycles. The van der Waals surface area contributed by atoms with E-state index in [4.69, 9.17) is 34.7 Å². The van der Waals surface area contributed by atoms with Crippen molar-refractivity contribution in [1.82, 2.24) is 0 Å². The molecule has 190 valence electrons. The van der Waals surface area contributed by atoms with Crippen LogP contribution in [-0.4, -0.2) is 58.6 Å². The Bertz CT molecular complexity index is 455. The van der Waals surface area contributed by atoms with Gasteiger partial charge >= 0.3 is 0 Å². The van der Waals surface area contributed by atoms with Crippen LogP contribution in [0.1, 0.15) is 86.0 Å². The second-order valence-electron chi connectivity index (χ2n) is 7.29. The van der Waals surface area contributed by atoms with Gasteiger partial charge in [0.25, 0.3) is 5.97 Å². The van der Waals surface area contributed by atoms with E-state index in [-0.39, 0.29) is 0 Å². The highest BCUT2D eigenvalue weighted by molar-refractivity contribution is 5.62. The lowest BCUT2D eigenvalue weighted by Crippen LogP contribution is -2.12. The number of para-hydroxylation sites is 1. The lowest BCUT2D eigenvalue weighted by molar-refractivity contribution is -0.134. The van der Waals surface area contributed by atoms with Gasteiger partial charge in [0, 0.05) is 20.1 Å². The van der Waals surface area contributed by atoms with Crippen molar-refractivity contribution in [3.63, 3.8) is 0 Å². The Kier molecular flexibility index (Phi) is 32.0. The van der Waals surface area contributed by atoms with Crippen LogP contribution in [0.15, 0.2) is 30.3 Å². The zero-order valence-corrected chi connectivity index (χ0v) is 20.8. The Morgan fingerprint density at radius 1 is 0.875 bits per heavy atom. The van der Waals surface area contributed by atoms with Gasteiger partial charge in [-0.15, -0.1) is 0 Å². The van der Waals surface area contributed by atoms with E-state index in [1.165, 1.54) is 25.7 Å². The molecule has 0 aliphatic rings. The summed E-state index contributed by atoms with van der Waals surface area (Å²) in [5.41, 5.74) is 0. The highest BCUT2D eigenvalue weighted by Crippen LogP contribution is 2.08. The van der Waals surface area contributed by atoms with Gasteiger partial charge in [-0.3, -0.25) is 4.79 Å². The largest absolute Gasteiger partial charge is 0.491 e. The zero-order chi connectivity index (χ0) is 25.0. The standard InChI is InChI=1S/C9H12O2.C8H18O.C6H14O2.C2H4O2/c1-8(10)7-11-9-5-3-2-4-6-9;1-3-5-7-9-8-6-4-2;1-2-3-4-5-6(7)8;1-2(3)4/h2-6,8,10H,7H2,1H3;3-8H2,1-2H3;6-8H,2-5H2,1H3;1H3,(H,3,4). The summed E-state index contributed by atoms with van der Waals surface area (Å²) in [5, 5.41) is 33.0. The van der Waals surface area contributed by atoms with Crippen LogP contribution in [0, 0.1) is 0 Å². The van der Waals surface area contributed by atoms with Crippen LogP contribution in [0.3, 0.4) is 0 Å². The molecule has 0 fully saturated rings. The number of hydrogen-bond acceptors (Lipinski definition) is 6. The number of aliphatic hydroxyl groups is 3. The molecule has 0 saturated carbocycles. The van der Waals surface area contributed by atoms with Crippen molar-refractivity contribution in [2.75, 3.05) is 19.8 Å². The summed E-state index contributed by atoms with van der Waals surface area (Å²) in [6.45, 7) is 11.5. The third-order valence-corrected chi connectivity index (χ3v) is 3.58. The Balaban J connectivity index is -0.000000368. The fourth-order valence-corrected chi connectivity index (χ4v) is 1.91. The molecule has 1 rings (SSSR count). The minimum atomic E-state index is -1.10. The maximum absolute atomic E-state index is 9.00. The summed E-state index contributed by atoms with van der Waals surface area (Å²) < 4.78 is 10.5. The van der Waals surface area contributed by atoms with E-state index in [0.717, 1.165) is 45.1 Å². The van der Waals surface area contributed by atoms with E-state index in [9.17, 15) is 0 Å². The lowest BCUT2D eigenvalue weighted by Gasteiger charge is -2.06. The molecule has 0 spiro atoms. The molecule has 0 saturated heterocycles. The number of carbonyl (C=O) groups is 1. The van der Waals surface area contributed by atoms with Crippen LogP contribution in [0.4, 0.5) is 0 Å². The summed E-state index contributed by atoms with van der Waals surface area (Å²) in [6, 6.07) is 9.45. The number of benzene rings is 1. The van der Waals surface area contributed by atoms with Crippen molar-refractivity contribution in [2.45, 2.75) is 98.4 Å². The Labute approximate surface area is 195 Å². The van der Waals surface area contributed by atoms with Crippen LogP contribution >= 0.6 is 0 Å². The third-order valence-electron chi connectivity index (χ3n) is 3.58. The number of unbranched alkanes of at least 4 members (excludes halogenated alkanes) is 4. The summed E-state index contributed by atoms with van der Waals surface area (Å²) in [6.07, 6.45) is 7.08. The van der Waals surface area contributed by atoms with E-state index in [1.54, 1.807) is 6.92 Å². The first-order valence-corrected chi connectivity index (χ1v) is 11.7. The number of hydrogen-bond donors (Lipinski definition) is 4. The molecule has 0 aliphatic heterocycles. The van der Waals surface area contributed by atoms with E-state index >= 15 is 0 Å². The predicted molar refractivity (Wildman–Crippen MR) is 130 cm³/mol. The van der Waals surface area contributed by atoms with Gasteiger partial charge in [0.1, 0.15) is 12.4 Å². The molecule has 1 aromatic carbocycles. The van der Waals surface area contributed by atoms with Gasteiger partial charge < -0.3 is 29.9 Å². The SMILES string of the molecule is CC(=O)O.CC(O)COc1ccccc1.CCCCCC(O)O.CCCCOCCCC. The van der Waals surface area contributed by atoms with Crippen molar-refractivity contribution in [1.29, 1.82) is 0 Å². The molecule has 7 heteroatoms. The molecule has 1 atom stereocenters. The second-order valence-corrected chi connectivity index (χ2v) is 7.29. The topological polar surface area (TPSA) is 116 Å². The fraction of sp³-hybridized carbons (Fsp3) is 0.720. The molecule has 0 amide bonds. The average molecular weight is 461 g/mol. The first-order chi connectivity index (χ1) is 15.2. The molecule has 0 heterocycles. The van der Waals surface area contributed by atoms with Crippen molar-refractivity contribution in [3.8, 4) is 5.75 Å². The molecular formula is C25H48O7. The lowest BCUT2D eigenvalue weighted by atomic mass is 10.2. The monoisotopic (exact) mass is 460 g/mol. The molecule has 0 radical (unpaired) electrons. The Morgan fingerprint density at radius 3 is 1.72 bits per heavy atom. The summed E-state index contributed by atoms with van der Waals surface area (Å²) in [4.78, 5) is 9.00. The van der Waals surface area contributed by atoms with Gasteiger partial charge in [0.05, 0.1) is 6.10 Å². The molecule has 0 aromatic heterocycles. The number of carboxylic acids is 1. The van der Waals surface area contributed by atoms with Gasteiger partial charge in [0.2, 0.25) is 0 Å². The van der Waals surface area contributed by atoms with E-state index in [1.807, 2.05) is 30.3 Å². The van der Waals surface area contributed by atoms with Crippen molar-refractivity contribution < 1.29 is 34.7 Å². The molecule has 1 aromatic rings. The van der Waals surface area contributed by atoms with Crippen LogP contribution < -0.4 is 4.74 Å². The smallest absolute Gasteiger partial charge is 0.300 e. The summed E-state index contributed by atoms with van der Waals surface area (Å²) in [5.74, 6) is -0.0339. The molecule has 7 nitrogen and oxygen atoms in total. The highest BCUT2D eigenvalue weighted by atomic mass is 16.5. The number of aliphatic carboxylic acids is 1. The molecular weight excluding hydrogens is 412 g/mol. The number of carboxylic acid groups (broad SMARTS) is 1. The van der Waals surface area contributed by atoms with Crippen molar-refractivity contribution in [3.05, 3.63) is 30.3 Å². The first kappa shape index (κ1) is 34.9. The van der Waals surface area contributed by atoms with Crippen molar-refractivity contribution in [2.24, 2.45) is 0 Å². The molecule has 0 bridgehead atoms. The number of rotatable bonds is 13. The zero-order valence-electron chi connectivity index (χ0n) is 20.8. The van der Waals surface area contributed by atoms with Crippen LogP contribution in [-0.2, 0) is 9.53 Å². The van der Waals surface area contributed by atoms with Crippen LogP contribution in [0.25, 0.3) is 0 Å². The molecule has 4 N–H and O–H groups in total. The average Bonchev–Trinajstić information content (AvgIpc) is 2.73. The molecule has 1 unspecified atom stereocenters. The van der Waals surface area contributed by atoms with E-state index < -0.39 is 18.4 Å². The first-order valence-electron chi connectivity index (χ1n) is 11.7. The quantitative estimate of drug-likeness (QED) is 0.241. The normalized spacial score (nSPS) is 10.5. The summed E-state index contributed by atoms with van der Waals surface area (Å²) in [7, 11) is 0. The van der Waals surface area contributed by atoms with Gasteiger partial charge in [-0.05, 0) is 44.7 Å². The Hall–Kier alpha value is -1.67. The summed E-state index contributed by atoms with van der Waals surface area (Å²) >= 11 is 0. The van der Waals surface area contributed by atoms with E-state index in [2.05, 4.69) is 20.8 Å². The fourth-order valence-electron chi connectivity index (χ4n) is 1.91. The van der Waals surface area contributed by atoms with Gasteiger partial charge in [-0.2, -0.15) is 0 Å². The number of ether oxygens (including phenoxy) is 2. The minimum absolute atomic E-state index is 0.351. The van der Waals surface area contributed by atoms with Crippen LogP contribution in [0.5, 0.6) is 5.75 Å². The minimum Gasteiger partial charge on any atom is -0.491 e. The highest BCUT2D eigenvalue weighted by Gasteiger charge is 1.95. The van der Waals surface area contributed by atoms with E-state index in [0.29, 0.717) is 13.0 Å². The van der Waals surface area contributed by atoms with Crippen molar-refractivity contribution >= 4 is 5.97 Å². The maximum atomic E-state index is 9.00. The molecule has 32 heavy (non-hydrogen) atoms. The number of aliphatic hydroxyl groups excluding tert-OH is 2. The maximum Gasteiger partial charge on any atom is 0.300 e. The Morgan fingerprint density at radius 2 is 1.34 bits per heavy atom.